The van der Waals surface area contributed by atoms with Gasteiger partial charge in [-0.15, -0.1) is 11.3 Å². The van der Waals surface area contributed by atoms with Gasteiger partial charge in [-0.05, 0) is 40.5 Å². The van der Waals surface area contributed by atoms with Gasteiger partial charge in [-0.2, -0.15) is 5.10 Å². The molecule has 6 nitrogen and oxygen atoms in total. The molecule has 2 aromatic rings. The van der Waals surface area contributed by atoms with Crippen LogP contribution in [0.15, 0.2) is 0 Å². The van der Waals surface area contributed by atoms with Crippen molar-refractivity contribution in [3.05, 3.63) is 32.5 Å². The van der Waals surface area contributed by atoms with Crippen molar-refractivity contribution in [2.24, 2.45) is 0 Å². The first-order chi connectivity index (χ1) is 11.0. The Bertz CT molecular complexity index is 701. The van der Waals surface area contributed by atoms with E-state index in [1.807, 2.05) is 32.6 Å². The van der Waals surface area contributed by atoms with Gasteiger partial charge in [-0.25, -0.2) is 9.78 Å². The maximum Gasteiger partial charge on any atom is 0.318 e. The Morgan fingerprint density at radius 3 is 2.78 bits per heavy atom. The smallest absolute Gasteiger partial charge is 0.318 e. The fourth-order valence-corrected chi connectivity index (χ4v) is 4.19. The molecule has 3 rings (SSSR count). The zero-order chi connectivity index (χ0) is 16.6. The zero-order valence-corrected chi connectivity index (χ0v) is 14.9. The van der Waals surface area contributed by atoms with Crippen LogP contribution in [0.1, 0.15) is 51.4 Å². The molecule has 0 spiro atoms. The molecule has 1 unspecified atom stereocenters. The number of hydrogen-bond acceptors (Lipinski definition) is 4. The minimum absolute atomic E-state index is 0.0162. The van der Waals surface area contributed by atoms with E-state index in [0.29, 0.717) is 6.54 Å². The highest BCUT2D eigenvalue weighted by Crippen LogP contribution is 2.34. The predicted molar refractivity (Wildman–Crippen MR) is 90.6 cm³/mol. The molecule has 1 fully saturated rings. The monoisotopic (exact) mass is 333 g/mol. The number of urea groups is 1. The number of aromatic amines is 1. The molecule has 1 saturated heterocycles. The number of nitrogens with one attached hydrogen (secondary N) is 2. The lowest BCUT2D eigenvalue weighted by Crippen LogP contribution is -2.39. The number of likely N-dealkylation sites (tertiary alicyclic amines) is 1. The van der Waals surface area contributed by atoms with Crippen molar-refractivity contribution >= 4 is 17.4 Å². The third-order valence-electron chi connectivity index (χ3n) is 4.44. The van der Waals surface area contributed by atoms with Crippen LogP contribution in [-0.4, -0.2) is 32.7 Å². The van der Waals surface area contributed by atoms with E-state index in [1.165, 1.54) is 10.4 Å². The Morgan fingerprint density at radius 1 is 1.39 bits per heavy atom. The number of amides is 2. The molecule has 1 aliphatic heterocycles. The second-order valence-corrected chi connectivity index (χ2v) is 7.50. The Balaban J connectivity index is 1.70. The molecule has 7 heteroatoms. The molecular formula is C16H23N5OS. The number of aryl methyl sites for hydroxylation is 4. The summed E-state index contributed by atoms with van der Waals surface area (Å²) in [7, 11) is 0. The molecule has 0 bridgehead atoms. The van der Waals surface area contributed by atoms with E-state index in [1.54, 1.807) is 11.3 Å². The average Bonchev–Trinajstić information content (AvgIpc) is 3.17. The lowest BCUT2D eigenvalue weighted by molar-refractivity contribution is 0.192. The van der Waals surface area contributed by atoms with Gasteiger partial charge in [0.2, 0.25) is 0 Å². The van der Waals surface area contributed by atoms with Crippen LogP contribution >= 0.6 is 11.3 Å². The van der Waals surface area contributed by atoms with Gasteiger partial charge in [0, 0.05) is 22.7 Å². The lowest BCUT2D eigenvalue weighted by atomic mass is 10.0. The van der Waals surface area contributed by atoms with Crippen molar-refractivity contribution in [3.63, 3.8) is 0 Å². The molecule has 2 aromatic heterocycles. The van der Waals surface area contributed by atoms with Crippen LogP contribution in [0.5, 0.6) is 0 Å². The van der Waals surface area contributed by atoms with Crippen LogP contribution in [0.4, 0.5) is 4.79 Å². The normalized spacial score (nSPS) is 17.7. The summed E-state index contributed by atoms with van der Waals surface area (Å²) < 4.78 is 0. The van der Waals surface area contributed by atoms with E-state index in [0.717, 1.165) is 41.5 Å². The number of aromatic nitrogens is 3. The van der Waals surface area contributed by atoms with Gasteiger partial charge < -0.3 is 10.2 Å². The predicted octanol–water partition coefficient (Wildman–Crippen LogP) is 3.15. The molecule has 3 heterocycles. The van der Waals surface area contributed by atoms with E-state index < -0.39 is 0 Å². The van der Waals surface area contributed by atoms with Crippen molar-refractivity contribution in [2.75, 3.05) is 6.54 Å². The van der Waals surface area contributed by atoms with Gasteiger partial charge in [0.05, 0.1) is 29.0 Å². The molecule has 0 radical (unpaired) electrons. The highest BCUT2D eigenvalue weighted by molar-refractivity contribution is 7.11. The molecule has 2 N–H and O–H groups in total. The van der Waals surface area contributed by atoms with Crippen LogP contribution in [0.2, 0.25) is 0 Å². The number of nitrogens with zero attached hydrogens (tertiary/aromatic N) is 3. The number of H-pyrrole nitrogens is 1. The highest BCUT2D eigenvalue weighted by atomic mass is 32.1. The Labute approximate surface area is 140 Å². The van der Waals surface area contributed by atoms with Crippen molar-refractivity contribution in [3.8, 4) is 0 Å². The van der Waals surface area contributed by atoms with Crippen molar-refractivity contribution in [1.29, 1.82) is 0 Å². The first-order valence-corrected chi connectivity index (χ1v) is 8.78. The van der Waals surface area contributed by atoms with E-state index in [9.17, 15) is 4.79 Å². The molecule has 2 amide bonds. The Kier molecular flexibility index (Phi) is 4.39. The van der Waals surface area contributed by atoms with E-state index in [2.05, 4.69) is 20.5 Å². The van der Waals surface area contributed by atoms with E-state index in [-0.39, 0.29) is 12.1 Å². The van der Waals surface area contributed by atoms with Crippen molar-refractivity contribution in [2.45, 2.75) is 53.1 Å². The quantitative estimate of drug-likeness (QED) is 0.906. The zero-order valence-electron chi connectivity index (χ0n) is 14.1. The maximum absolute atomic E-state index is 12.6. The molecule has 0 aromatic carbocycles. The maximum atomic E-state index is 12.6. The van der Waals surface area contributed by atoms with Gasteiger partial charge in [0.25, 0.3) is 0 Å². The van der Waals surface area contributed by atoms with Crippen LogP contribution in [0.3, 0.4) is 0 Å². The highest BCUT2D eigenvalue weighted by Gasteiger charge is 2.32. The summed E-state index contributed by atoms with van der Waals surface area (Å²) in [4.78, 5) is 20.2. The summed E-state index contributed by atoms with van der Waals surface area (Å²) in [6.07, 6.45) is 2.01. The second kappa shape index (κ2) is 6.31. The molecule has 0 saturated carbocycles. The number of hydrogen-bond donors (Lipinski definition) is 2. The van der Waals surface area contributed by atoms with Crippen molar-refractivity contribution in [1.82, 2.24) is 25.4 Å². The third-order valence-corrected chi connectivity index (χ3v) is 5.37. The third kappa shape index (κ3) is 3.10. The SMILES string of the molecule is Cc1nc(CNC(=O)N2CCCC2c2c(C)n[nH]c2C)c(C)s1. The fourth-order valence-electron chi connectivity index (χ4n) is 3.36. The van der Waals surface area contributed by atoms with Crippen molar-refractivity contribution < 1.29 is 4.79 Å². The van der Waals surface area contributed by atoms with Crippen LogP contribution in [0, 0.1) is 27.7 Å². The Morgan fingerprint density at radius 2 is 2.17 bits per heavy atom. The van der Waals surface area contributed by atoms with E-state index in [4.69, 9.17) is 0 Å². The Hall–Kier alpha value is -1.89. The van der Waals surface area contributed by atoms with E-state index >= 15 is 0 Å². The minimum atomic E-state index is -0.0162. The summed E-state index contributed by atoms with van der Waals surface area (Å²) in [5.74, 6) is 0. The van der Waals surface area contributed by atoms with Crippen LogP contribution in [0.25, 0.3) is 0 Å². The summed E-state index contributed by atoms with van der Waals surface area (Å²) in [5.41, 5.74) is 4.17. The molecule has 1 aliphatic rings. The van der Waals surface area contributed by atoms with Crippen LogP contribution in [-0.2, 0) is 6.54 Å². The second-order valence-electron chi connectivity index (χ2n) is 6.09. The molecule has 0 aliphatic carbocycles. The fraction of sp³-hybridized carbons (Fsp3) is 0.562. The summed E-state index contributed by atoms with van der Waals surface area (Å²) in [6, 6.07) is 0.101. The van der Waals surface area contributed by atoms with Gasteiger partial charge in [0.15, 0.2) is 0 Å². The van der Waals surface area contributed by atoms with Crippen LogP contribution < -0.4 is 5.32 Å². The lowest BCUT2D eigenvalue weighted by Gasteiger charge is -2.25. The number of rotatable bonds is 3. The first-order valence-electron chi connectivity index (χ1n) is 7.96. The summed E-state index contributed by atoms with van der Waals surface area (Å²) in [6.45, 7) is 9.32. The van der Waals surface area contributed by atoms with Gasteiger partial charge in [-0.3, -0.25) is 5.10 Å². The minimum Gasteiger partial charge on any atom is -0.332 e. The molecular weight excluding hydrogens is 310 g/mol. The molecule has 124 valence electrons. The summed E-state index contributed by atoms with van der Waals surface area (Å²) in [5, 5.41) is 11.4. The topological polar surface area (TPSA) is 73.9 Å². The standard InChI is InChI=1S/C16H23N5OS/c1-9-15(10(2)20-19-9)14-6-5-7-21(14)16(22)17-8-13-11(3)23-12(4)18-13/h14H,5-8H2,1-4H3,(H,17,22)(H,19,20). The molecule has 1 atom stereocenters. The number of thiazole rings is 1. The van der Waals surface area contributed by atoms with Gasteiger partial charge in [-0.1, -0.05) is 0 Å². The number of carbonyl (C=O) groups excluding carboxylic acids is 1. The van der Waals surface area contributed by atoms with Gasteiger partial charge >= 0.3 is 6.03 Å². The van der Waals surface area contributed by atoms with Gasteiger partial charge in [0.1, 0.15) is 0 Å². The largest absolute Gasteiger partial charge is 0.332 e. The summed E-state index contributed by atoms with van der Waals surface area (Å²) >= 11 is 1.67. The average molecular weight is 333 g/mol. The first kappa shape index (κ1) is 16.0. The number of carbonyl (C=O) groups is 1. The molecule has 23 heavy (non-hydrogen) atoms.